The minimum Gasteiger partial charge on any atom is -0.493 e. The fourth-order valence-corrected chi connectivity index (χ4v) is 2.86. The van der Waals surface area contributed by atoms with Gasteiger partial charge >= 0.3 is 0 Å². The molecule has 0 saturated carbocycles. The molecule has 0 aliphatic heterocycles. The minimum absolute atomic E-state index is 0.228. The SMILES string of the molecule is Cc1ccc(Nc2nc(O)c(-c3ccccc3)c(=O)s2)cc1. The zero-order valence-corrected chi connectivity index (χ0v) is 12.7. The molecule has 0 aliphatic rings. The van der Waals surface area contributed by atoms with Gasteiger partial charge in [-0.2, -0.15) is 4.98 Å². The number of nitrogens with zero attached hydrogens (tertiary/aromatic N) is 1. The van der Waals surface area contributed by atoms with Crippen molar-refractivity contribution in [3.05, 3.63) is 69.7 Å². The number of hydrogen-bond donors (Lipinski definition) is 2. The van der Waals surface area contributed by atoms with Gasteiger partial charge in [0.15, 0.2) is 5.13 Å². The summed E-state index contributed by atoms with van der Waals surface area (Å²) in [5, 5.41) is 13.5. The highest BCUT2D eigenvalue weighted by atomic mass is 32.1. The topological polar surface area (TPSA) is 62.2 Å². The van der Waals surface area contributed by atoms with E-state index in [4.69, 9.17) is 0 Å². The second-order valence-electron chi connectivity index (χ2n) is 4.86. The van der Waals surface area contributed by atoms with E-state index in [1.807, 2.05) is 49.4 Å². The number of rotatable bonds is 3. The van der Waals surface area contributed by atoms with Crippen LogP contribution in [0.15, 0.2) is 59.4 Å². The van der Waals surface area contributed by atoms with Gasteiger partial charge in [0, 0.05) is 5.69 Å². The average molecular weight is 310 g/mol. The van der Waals surface area contributed by atoms with Crippen LogP contribution in [-0.2, 0) is 0 Å². The third-order valence-corrected chi connectivity index (χ3v) is 3.97. The van der Waals surface area contributed by atoms with Crippen molar-refractivity contribution in [1.82, 2.24) is 4.98 Å². The molecule has 0 fully saturated rings. The van der Waals surface area contributed by atoms with Crippen LogP contribution in [0, 0.1) is 6.92 Å². The molecular formula is C17H14N2O2S. The van der Waals surface area contributed by atoms with Crippen LogP contribution in [0.5, 0.6) is 5.88 Å². The third-order valence-electron chi connectivity index (χ3n) is 3.19. The van der Waals surface area contributed by atoms with Crippen LogP contribution in [0.1, 0.15) is 5.56 Å². The van der Waals surface area contributed by atoms with E-state index in [0.29, 0.717) is 10.7 Å². The normalized spacial score (nSPS) is 10.4. The second-order valence-corrected chi connectivity index (χ2v) is 5.82. The second kappa shape index (κ2) is 5.99. The summed E-state index contributed by atoms with van der Waals surface area (Å²) in [6.07, 6.45) is 0. The van der Waals surface area contributed by atoms with Gasteiger partial charge in [-0.05, 0) is 24.6 Å². The summed E-state index contributed by atoms with van der Waals surface area (Å²) < 4.78 is -0.228. The molecule has 3 aromatic rings. The van der Waals surface area contributed by atoms with E-state index in [-0.39, 0.29) is 16.2 Å². The van der Waals surface area contributed by atoms with E-state index in [1.54, 1.807) is 12.1 Å². The molecule has 22 heavy (non-hydrogen) atoms. The first-order valence-corrected chi connectivity index (χ1v) is 7.58. The minimum atomic E-state index is -0.260. The molecule has 0 spiro atoms. The molecular weight excluding hydrogens is 296 g/mol. The summed E-state index contributed by atoms with van der Waals surface area (Å²) in [5.74, 6) is -0.260. The summed E-state index contributed by atoms with van der Waals surface area (Å²) in [7, 11) is 0. The maximum absolute atomic E-state index is 12.3. The van der Waals surface area contributed by atoms with Crippen molar-refractivity contribution < 1.29 is 5.11 Å². The number of aromatic nitrogens is 1. The highest BCUT2D eigenvalue weighted by Gasteiger charge is 2.13. The van der Waals surface area contributed by atoms with Gasteiger partial charge in [0.2, 0.25) is 10.6 Å². The van der Waals surface area contributed by atoms with Crippen LogP contribution >= 0.6 is 11.3 Å². The fraction of sp³-hybridized carbons (Fsp3) is 0.0588. The van der Waals surface area contributed by atoms with Crippen LogP contribution in [0.25, 0.3) is 11.1 Å². The van der Waals surface area contributed by atoms with Crippen molar-refractivity contribution >= 4 is 22.2 Å². The van der Waals surface area contributed by atoms with Crippen molar-refractivity contribution in [2.75, 3.05) is 5.32 Å². The smallest absolute Gasteiger partial charge is 0.248 e. The van der Waals surface area contributed by atoms with Gasteiger partial charge < -0.3 is 10.4 Å². The standard InChI is InChI=1S/C17H14N2O2S/c1-11-7-9-13(10-8-11)18-17-19-15(20)14(16(21)22-17)12-5-3-2-4-6-12/h2-10,20H,1H3,(H,18,19). The molecule has 1 aromatic heterocycles. The molecule has 0 aliphatic carbocycles. The third kappa shape index (κ3) is 2.99. The molecule has 4 nitrogen and oxygen atoms in total. The van der Waals surface area contributed by atoms with Crippen LogP contribution in [0.2, 0.25) is 0 Å². The summed E-state index contributed by atoms with van der Waals surface area (Å²) >= 11 is 0.974. The molecule has 0 atom stereocenters. The Kier molecular flexibility index (Phi) is 3.89. The first-order valence-electron chi connectivity index (χ1n) is 6.77. The Bertz CT molecular complexity index is 843. The number of nitrogens with one attached hydrogen (secondary N) is 1. The Morgan fingerprint density at radius 2 is 1.73 bits per heavy atom. The summed E-state index contributed by atoms with van der Waals surface area (Å²) in [5.41, 5.74) is 2.87. The molecule has 3 rings (SSSR count). The number of benzene rings is 2. The van der Waals surface area contributed by atoms with Gasteiger partial charge in [0.05, 0.1) is 0 Å². The zero-order valence-electron chi connectivity index (χ0n) is 11.9. The lowest BCUT2D eigenvalue weighted by molar-refractivity contribution is 0.457. The van der Waals surface area contributed by atoms with Gasteiger partial charge in [0.1, 0.15) is 5.56 Å². The van der Waals surface area contributed by atoms with Crippen molar-refractivity contribution in [2.45, 2.75) is 6.92 Å². The van der Waals surface area contributed by atoms with Gasteiger partial charge in [-0.15, -0.1) is 0 Å². The van der Waals surface area contributed by atoms with Gasteiger partial charge in [-0.1, -0.05) is 59.4 Å². The van der Waals surface area contributed by atoms with Crippen molar-refractivity contribution in [3.63, 3.8) is 0 Å². The van der Waals surface area contributed by atoms with Gasteiger partial charge in [-0.3, -0.25) is 4.79 Å². The highest BCUT2D eigenvalue weighted by molar-refractivity contribution is 7.13. The van der Waals surface area contributed by atoms with E-state index in [9.17, 15) is 9.90 Å². The Labute approximate surface area is 131 Å². The largest absolute Gasteiger partial charge is 0.493 e. The van der Waals surface area contributed by atoms with Crippen molar-refractivity contribution in [2.24, 2.45) is 0 Å². The molecule has 2 aromatic carbocycles. The lowest BCUT2D eigenvalue weighted by Gasteiger charge is -2.07. The van der Waals surface area contributed by atoms with Crippen LogP contribution in [0.3, 0.4) is 0 Å². The van der Waals surface area contributed by atoms with Crippen molar-refractivity contribution in [3.8, 4) is 17.0 Å². The Morgan fingerprint density at radius 1 is 1.05 bits per heavy atom. The van der Waals surface area contributed by atoms with E-state index in [0.717, 1.165) is 22.6 Å². The lowest BCUT2D eigenvalue weighted by Crippen LogP contribution is -2.04. The molecule has 0 bridgehead atoms. The highest BCUT2D eigenvalue weighted by Crippen LogP contribution is 2.28. The molecule has 0 radical (unpaired) electrons. The zero-order chi connectivity index (χ0) is 15.5. The van der Waals surface area contributed by atoms with Crippen LogP contribution < -0.4 is 10.1 Å². The summed E-state index contributed by atoms with van der Waals surface area (Å²) in [6.45, 7) is 2.00. The quantitative estimate of drug-likeness (QED) is 0.769. The van der Waals surface area contributed by atoms with E-state index in [1.165, 1.54) is 0 Å². The molecule has 1 heterocycles. The molecule has 2 N–H and O–H groups in total. The maximum Gasteiger partial charge on any atom is 0.248 e. The van der Waals surface area contributed by atoms with Crippen LogP contribution in [0.4, 0.5) is 10.8 Å². The first-order chi connectivity index (χ1) is 10.6. The van der Waals surface area contributed by atoms with E-state index < -0.39 is 0 Å². The monoisotopic (exact) mass is 310 g/mol. The summed E-state index contributed by atoms with van der Waals surface area (Å²) in [6, 6.07) is 16.8. The molecule has 0 unspecified atom stereocenters. The Morgan fingerprint density at radius 3 is 2.36 bits per heavy atom. The fourth-order valence-electron chi connectivity index (χ4n) is 2.07. The van der Waals surface area contributed by atoms with Gasteiger partial charge in [-0.25, -0.2) is 0 Å². The molecule has 0 saturated heterocycles. The predicted molar refractivity (Wildman–Crippen MR) is 89.9 cm³/mol. The number of aryl methyl sites for hydroxylation is 1. The van der Waals surface area contributed by atoms with E-state index in [2.05, 4.69) is 10.3 Å². The van der Waals surface area contributed by atoms with Crippen molar-refractivity contribution in [1.29, 1.82) is 0 Å². The van der Waals surface area contributed by atoms with Gasteiger partial charge in [0.25, 0.3) is 0 Å². The summed E-state index contributed by atoms with van der Waals surface area (Å²) in [4.78, 5) is 16.4. The molecule has 5 heteroatoms. The number of aromatic hydroxyl groups is 1. The number of hydrogen-bond acceptors (Lipinski definition) is 5. The Hall–Kier alpha value is -2.66. The number of anilines is 2. The maximum atomic E-state index is 12.3. The predicted octanol–water partition coefficient (Wildman–Crippen LogP) is 3.93. The Balaban J connectivity index is 1.96. The lowest BCUT2D eigenvalue weighted by atomic mass is 10.1. The molecule has 0 amide bonds. The first kappa shape index (κ1) is 14.3. The van der Waals surface area contributed by atoms with E-state index >= 15 is 0 Å². The molecule has 110 valence electrons. The average Bonchev–Trinajstić information content (AvgIpc) is 2.50. The van der Waals surface area contributed by atoms with Crippen LogP contribution in [-0.4, -0.2) is 10.1 Å².